The summed E-state index contributed by atoms with van der Waals surface area (Å²) in [5.74, 6) is 0. The Morgan fingerprint density at radius 1 is 0.958 bits per heavy atom. The molecule has 24 heavy (non-hydrogen) atoms. The summed E-state index contributed by atoms with van der Waals surface area (Å²) in [5.41, 5.74) is 10.7. The topological polar surface area (TPSA) is 61.4 Å². The predicted octanol–water partition coefficient (Wildman–Crippen LogP) is 3.85. The molecule has 0 aliphatic carbocycles. The Hall–Kier alpha value is -2.76. The van der Waals surface area contributed by atoms with Gasteiger partial charge in [0.25, 0.3) is 0 Å². The fourth-order valence-corrected chi connectivity index (χ4v) is 2.80. The lowest BCUT2D eigenvalue weighted by molar-refractivity contribution is -0.0440. The van der Waals surface area contributed by atoms with Crippen LogP contribution in [0.15, 0.2) is 67.0 Å². The summed E-state index contributed by atoms with van der Waals surface area (Å²) in [6, 6.07) is 18.0. The summed E-state index contributed by atoms with van der Waals surface area (Å²) in [5, 5.41) is 3.37. The van der Waals surface area contributed by atoms with Gasteiger partial charge in [0.05, 0.1) is 24.6 Å². The van der Waals surface area contributed by atoms with Crippen LogP contribution >= 0.6 is 0 Å². The van der Waals surface area contributed by atoms with Crippen LogP contribution in [0.2, 0.25) is 0 Å². The maximum Gasteiger partial charge on any atom is 0.184 e. The van der Waals surface area contributed by atoms with Crippen molar-refractivity contribution in [3.05, 3.63) is 72.6 Å². The Morgan fingerprint density at radius 2 is 1.75 bits per heavy atom. The fraction of sp³-hybridized carbons (Fsp3) is 0.158. The molecule has 1 fully saturated rings. The number of ether oxygens (including phenoxy) is 2. The highest BCUT2D eigenvalue weighted by Crippen LogP contribution is 2.30. The van der Waals surface area contributed by atoms with Gasteiger partial charge in [0.15, 0.2) is 6.29 Å². The first kappa shape index (κ1) is 14.8. The maximum absolute atomic E-state index is 6.19. The summed E-state index contributed by atoms with van der Waals surface area (Å²) in [6.07, 6.45) is 3.73. The lowest BCUT2D eigenvalue weighted by Crippen LogP contribution is -2.02. The molecule has 3 N–H and O–H groups in total. The average molecular weight is 321 g/mol. The Morgan fingerprint density at radius 3 is 2.50 bits per heavy atom. The minimum Gasteiger partial charge on any atom is -0.397 e. The largest absolute Gasteiger partial charge is 0.397 e. The zero-order valence-corrected chi connectivity index (χ0v) is 13.2. The molecule has 3 aromatic rings. The lowest BCUT2D eigenvalue weighted by atomic mass is 10.1. The third-order valence-electron chi connectivity index (χ3n) is 4.00. The third kappa shape index (κ3) is 2.99. The highest BCUT2D eigenvalue weighted by molar-refractivity contribution is 5.74. The van der Waals surface area contributed by atoms with Gasteiger partial charge in [-0.25, -0.2) is 0 Å². The molecule has 1 aliphatic rings. The van der Waals surface area contributed by atoms with Crippen molar-refractivity contribution in [2.75, 3.05) is 24.3 Å². The van der Waals surface area contributed by atoms with Crippen LogP contribution in [0.4, 0.5) is 17.1 Å². The maximum atomic E-state index is 6.19. The molecule has 1 aromatic heterocycles. The molecule has 0 atom stereocenters. The average Bonchev–Trinajstić information content (AvgIpc) is 3.31. The van der Waals surface area contributed by atoms with E-state index in [0.717, 1.165) is 22.6 Å². The normalized spacial score (nSPS) is 14.8. The molecule has 0 bridgehead atoms. The van der Waals surface area contributed by atoms with Crippen molar-refractivity contribution >= 4 is 17.1 Å². The van der Waals surface area contributed by atoms with Crippen molar-refractivity contribution in [2.45, 2.75) is 6.29 Å². The fourth-order valence-electron chi connectivity index (χ4n) is 2.80. The number of nitrogen functional groups attached to an aromatic ring is 1. The second-order valence-corrected chi connectivity index (χ2v) is 5.69. The summed E-state index contributed by atoms with van der Waals surface area (Å²) >= 11 is 0. The quantitative estimate of drug-likeness (QED) is 0.717. The molecule has 1 saturated heterocycles. The zero-order chi connectivity index (χ0) is 16.4. The first-order valence-corrected chi connectivity index (χ1v) is 7.93. The lowest BCUT2D eigenvalue weighted by Gasteiger charge is -2.14. The molecule has 0 saturated carbocycles. The molecule has 0 spiro atoms. The van der Waals surface area contributed by atoms with E-state index in [0.29, 0.717) is 18.9 Å². The minimum absolute atomic E-state index is 0.307. The number of benzene rings is 2. The number of anilines is 3. The molecule has 122 valence electrons. The summed E-state index contributed by atoms with van der Waals surface area (Å²) < 4.78 is 13.1. The van der Waals surface area contributed by atoms with Crippen molar-refractivity contribution in [1.82, 2.24) is 4.57 Å². The molecule has 2 heterocycles. The van der Waals surface area contributed by atoms with Gasteiger partial charge in [-0.05, 0) is 42.5 Å². The van der Waals surface area contributed by atoms with E-state index in [1.807, 2.05) is 54.9 Å². The molecular formula is C19H19N3O2. The number of nitrogens with two attached hydrogens (primary N) is 1. The summed E-state index contributed by atoms with van der Waals surface area (Å²) in [6.45, 7) is 1.24. The van der Waals surface area contributed by atoms with Crippen LogP contribution in [0.1, 0.15) is 11.9 Å². The van der Waals surface area contributed by atoms with Crippen LogP contribution in [0.25, 0.3) is 5.69 Å². The van der Waals surface area contributed by atoms with Gasteiger partial charge in [-0.2, -0.15) is 0 Å². The zero-order valence-electron chi connectivity index (χ0n) is 13.2. The number of nitrogens with one attached hydrogen (secondary N) is 1. The predicted molar refractivity (Wildman–Crippen MR) is 94.6 cm³/mol. The van der Waals surface area contributed by atoms with Crippen molar-refractivity contribution in [3.63, 3.8) is 0 Å². The SMILES string of the molecule is Nc1cc(C2OCCO2)ccc1Nc1cccc(-n2cccc2)c1. The molecule has 0 amide bonds. The van der Waals surface area contributed by atoms with E-state index in [-0.39, 0.29) is 6.29 Å². The molecule has 5 nitrogen and oxygen atoms in total. The smallest absolute Gasteiger partial charge is 0.184 e. The molecule has 1 aliphatic heterocycles. The van der Waals surface area contributed by atoms with Gasteiger partial charge in [-0.1, -0.05) is 12.1 Å². The summed E-state index contributed by atoms with van der Waals surface area (Å²) in [4.78, 5) is 0. The second-order valence-electron chi connectivity index (χ2n) is 5.69. The monoisotopic (exact) mass is 321 g/mol. The van der Waals surface area contributed by atoms with E-state index in [2.05, 4.69) is 22.0 Å². The highest BCUT2D eigenvalue weighted by atomic mass is 16.7. The van der Waals surface area contributed by atoms with E-state index in [1.165, 1.54) is 0 Å². The van der Waals surface area contributed by atoms with Gasteiger partial charge in [-0.15, -0.1) is 0 Å². The number of nitrogens with zero attached hydrogens (tertiary/aromatic N) is 1. The van der Waals surface area contributed by atoms with Crippen LogP contribution in [0.3, 0.4) is 0 Å². The van der Waals surface area contributed by atoms with Gasteiger partial charge in [-0.3, -0.25) is 0 Å². The van der Waals surface area contributed by atoms with Gasteiger partial charge in [0.2, 0.25) is 0 Å². The van der Waals surface area contributed by atoms with Gasteiger partial charge in [0, 0.05) is 29.3 Å². The number of aromatic nitrogens is 1. The van der Waals surface area contributed by atoms with Crippen LogP contribution < -0.4 is 11.1 Å². The first-order valence-electron chi connectivity index (χ1n) is 7.93. The van der Waals surface area contributed by atoms with Crippen LogP contribution in [-0.2, 0) is 9.47 Å². The molecular weight excluding hydrogens is 302 g/mol. The van der Waals surface area contributed by atoms with Crippen molar-refractivity contribution in [2.24, 2.45) is 0 Å². The van der Waals surface area contributed by atoms with Crippen molar-refractivity contribution in [1.29, 1.82) is 0 Å². The van der Waals surface area contributed by atoms with E-state index in [1.54, 1.807) is 0 Å². The Kier molecular flexibility index (Phi) is 3.94. The molecule has 0 unspecified atom stereocenters. The van der Waals surface area contributed by atoms with Crippen molar-refractivity contribution in [3.8, 4) is 5.69 Å². The molecule has 2 aromatic carbocycles. The van der Waals surface area contributed by atoms with E-state index < -0.39 is 0 Å². The number of rotatable bonds is 4. The Balaban J connectivity index is 1.56. The first-order chi connectivity index (χ1) is 11.8. The second kappa shape index (κ2) is 6.39. The number of hydrogen-bond donors (Lipinski definition) is 2. The van der Waals surface area contributed by atoms with Crippen LogP contribution in [-0.4, -0.2) is 17.8 Å². The Labute approximate surface area is 140 Å². The van der Waals surface area contributed by atoms with E-state index in [9.17, 15) is 0 Å². The van der Waals surface area contributed by atoms with Crippen LogP contribution in [0.5, 0.6) is 0 Å². The third-order valence-corrected chi connectivity index (χ3v) is 4.00. The molecule has 5 heteroatoms. The van der Waals surface area contributed by atoms with Gasteiger partial charge in [0.1, 0.15) is 0 Å². The minimum atomic E-state index is -0.307. The summed E-state index contributed by atoms with van der Waals surface area (Å²) in [7, 11) is 0. The van der Waals surface area contributed by atoms with Crippen molar-refractivity contribution < 1.29 is 9.47 Å². The van der Waals surface area contributed by atoms with Gasteiger partial charge >= 0.3 is 0 Å². The molecule has 4 rings (SSSR count). The Bertz CT molecular complexity index is 824. The van der Waals surface area contributed by atoms with Gasteiger partial charge < -0.3 is 25.1 Å². The standard InChI is InChI=1S/C19H19N3O2/c20-17-12-14(19-23-10-11-24-19)6-7-18(17)21-15-4-3-5-16(13-15)22-8-1-2-9-22/h1-9,12-13,19,21H,10-11,20H2. The highest BCUT2D eigenvalue weighted by Gasteiger charge is 2.18. The number of hydrogen-bond acceptors (Lipinski definition) is 4. The van der Waals surface area contributed by atoms with E-state index >= 15 is 0 Å². The molecule has 0 radical (unpaired) electrons. The van der Waals surface area contributed by atoms with Crippen LogP contribution in [0, 0.1) is 0 Å². The van der Waals surface area contributed by atoms with E-state index in [4.69, 9.17) is 15.2 Å².